The Hall–Kier alpha value is -0.370. The molecule has 0 amide bonds. The summed E-state index contributed by atoms with van der Waals surface area (Å²) < 4.78 is 0. The Morgan fingerprint density at radius 3 is 2.45 bits per heavy atom. The van der Waals surface area contributed by atoms with Gasteiger partial charge >= 0.3 is 0 Å². The third-order valence-corrected chi connectivity index (χ3v) is 2.63. The molecule has 1 unspecified atom stereocenters. The Morgan fingerprint density at radius 1 is 1.55 bits per heavy atom. The van der Waals surface area contributed by atoms with Gasteiger partial charge < -0.3 is 5.11 Å². The molecule has 0 aromatic heterocycles. The molecule has 2 heteroatoms. The molecule has 11 heavy (non-hydrogen) atoms. The standard InChI is InChI=1S/C9H16O2/c1-3-4-5-6-9(2)7(10)8(9)11/h7,10H,3-6H2,1-2H3/t7-,9?/m1/s1. The van der Waals surface area contributed by atoms with E-state index < -0.39 is 6.10 Å². The second-order valence-electron chi connectivity index (χ2n) is 3.64. The van der Waals surface area contributed by atoms with Gasteiger partial charge in [0.25, 0.3) is 0 Å². The normalized spacial score (nSPS) is 35.9. The van der Waals surface area contributed by atoms with Gasteiger partial charge in [0.1, 0.15) is 6.10 Å². The second-order valence-corrected chi connectivity index (χ2v) is 3.64. The zero-order chi connectivity index (χ0) is 8.48. The molecule has 0 spiro atoms. The molecule has 1 saturated carbocycles. The molecule has 0 aromatic carbocycles. The summed E-state index contributed by atoms with van der Waals surface area (Å²) in [5.41, 5.74) is -0.366. The van der Waals surface area contributed by atoms with E-state index in [2.05, 4.69) is 6.92 Å². The lowest BCUT2D eigenvalue weighted by atomic mass is 10.0. The van der Waals surface area contributed by atoms with Crippen LogP contribution in [0.2, 0.25) is 0 Å². The SMILES string of the molecule is CCCCCC1(C)C(=O)[C@H]1O. The van der Waals surface area contributed by atoms with Crippen molar-refractivity contribution in [2.75, 3.05) is 0 Å². The summed E-state index contributed by atoms with van der Waals surface area (Å²) in [6, 6.07) is 0. The highest BCUT2D eigenvalue weighted by molar-refractivity contribution is 6.05. The fraction of sp³-hybridized carbons (Fsp3) is 0.889. The van der Waals surface area contributed by atoms with E-state index in [9.17, 15) is 4.79 Å². The molecule has 0 saturated heterocycles. The van der Waals surface area contributed by atoms with Crippen LogP contribution in [0.15, 0.2) is 0 Å². The van der Waals surface area contributed by atoms with Crippen LogP contribution in [-0.4, -0.2) is 17.0 Å². The lowest BCUT2D eigenvalue weighted by Gasteiger charge is -2.03. The monoisotopic (exact) mass is 156 g/mol. The molecule has 0 aliphatic heterocycles. The maximum absolute atomic E-state index is 10.9. The minimum Gasteiger partial charge on any atom is -0.384 e. The molecule has 2 nitrogen and oxygen atoms in total. The van der Waals surface area contributed by atoms with Gasteiger partial charge in [0, 0.05) is 0 Å². The Balaban J connectivity index is 2.23. The minimum absolute atomic E-state index is 0.0357. The van der Waals surface area contributed by atoms with Gasteiger partial charge in [-0.15, -0.1) is 0 Å². The van der Waals surface area contributed by atoms with Crippen molar-refractivity contribution in [2.24, 2.45) is 5.41 Å². The molecule has 0 aromatic rings. The van der Waals surface area contributed by atoms with Crippen molar-refractivity contribution in [1.82, 2.24) is 0 Å². The summed E-state index contributed by atoms with van der Waals surface area (Å²) in [7, 11) is 0. The van der Waals surface area contributed by atoms with E-state index >= 15 is 0 Å². The maximum Gasteiger partial charge on any atom is 0.171 e. The van der Waals surface area contributed by atoms with Gasteiger partial charge in [-0.25, -0.2) is 0 Å². The fourth-order valence-electron chi connectivity index (χ4n) is 1.43. The molecule has 1 N–H and O–H groups in total. The average molecular weight is 156 g/mol. The van der Waals surface area contributed by atoms with Crippen LogP contribution in [0.4, 0.5) is 0 Å². The van der Waals surface area contributed by atoms with Gasteiger partial charge in [0.2, 0.25) is 0 Å². The Kier molecular flexibility index (Phi) is 2.33. The number of hydrogen-bond acceptors (Lipinski definition) is 2. The van der Waals surface area contributed by atoms with Crippen LogP contribution >= 0.6 is 0 Å². The summed E-state index contributed by atoms with van der Waals surface area (Å²) in [4.78, 5) is 10.9. The van der Waals surface area contributed by atoms with Gasteiger partial charge in [-0.1, -0.05) is 26.2 Å². The van der Waals surface area contributed by atoms with Crippen LogP contribution in [0.5, 0.6) is 0 Å². The summed E-state index contributed by atoms with van der Waals surface area (Å²) in [5.74, 6) is 0.0357. The number of carbonyl (C=O) groups excluding carboxylic acids is 1. The third-order valence-electron chi connectivity index (χ3n) is 2.63. The van der Waals surface area contributed by atoms with Crippen LogP contribution in [0.1, 0.15) is 39.5 Å². The number of rotatable bonds is 4. The molecule has 0 bridgehead atoms. The molecule has 2 atom stereocenters. The quantitative estimate of drug-likeness (QED) is 0.626. The molecule has 1 aliphatic carbocycles. The van der Waals surface area contributed by atoms with E-state index in [1.807, 2.05) is 6.92 Å². The van der Waals surface area contributed by atoms with Gasteiger partial charge in [0.15, 0.2) is 5.78 Å². The Morgan fingerprint density at radius 2 is 2.09 bits per heavy atom. The fourth-order valence-corrected chi connectivity index (χ4v) is 1.43. The number of ketones is 1. The lowest BCUT2D eigenvalue weighted by molar-refractivity contribution is -0.114. The zero-order valence-corrected chi connectivity index (χ0v) is 7.26. The van der Waals surface area contributed by atoms with Gasteiger partial charge in [-0.05, 0) is 13.3 Å². The first-order valence-electron chi connectivity index (χ1n) is 4.35. The first kappa shape index (κ1) is 8.72. The summed E-state index contributed by atoms with van der Waals surface area (Å²) in [6.07, 6.45) is 3.60. The minimum atomic E-state index is -0.653. The predicted molar refractivity (Wildman–Crippen MR) is 43.3 cm³/mol. The van der Waals surface area contributed by atoms with Crippen molar-refractivity contribution in [3.63, 3.8) is 0 Å². The molecule has 64 valence electrons. The molecular formula is C9H16O2. The highest BCUT2D eigenvalue weighted by atomic mass is 16.3. The number of unbranched alkanes of at least 4 members (excludes halogenated alkanes) is 2. The van der Waals surface area contributed by atoms with Crippen molar-refractivity contribution in [1.29, 1.82) is 0 Å². The summed E-state index contributed by atoms with van der Waals surface area (Å²) >= 11 is 0. The first-order chi connectivity index (χ1) is 5.13. The molecule has 1 fully saturated rings. The van der Waals surface area contributed by atoms with Gasteiger partial charge in [-0.2, -0.15) is 0 Å². The van der Waals surface area contributed by atoms with Crippen LogP contribution in [0.3, 0.4) is 0 Å². The van der Waals surface area contributed by atoms with Crippen molar-refractivity contribution < 1.29 is 9.90 Å². The van der Waals surface area contributed by atoms with Crippen molar-refractivity contribution in [2.45, 2.75) is 45.6 Å². The summed E-state index contributed by atoms with van der Waals surface area (Å²) in [6.45, 7) is 3.99. The van der Waals surface area contributed by atoms with Crippen LogP contribution < -0.4 is 0 Å². The highest BCUT2D eigenvalue weighted by Crippen LogP contribution is 2.45. The number of hydrogen-bond donors (Lipinski definition) is 1. The smallest absolute Gasteiger partial charge is 0.171 e. The number of carbonyl (C=O) groups is 1. The van der Waals surface area contributed by atoms with Crippen LogP contribution in [0, 0.1) is 5.41 Å². The molecule has 0 heterocycles. The van der Waals surface area contributed by atoms with E-state index in [4.69, 9.17) is 5.11 Å². The lowest BCUT2D eigenvalue weighted by Crippen LogP contribution is -2.01. The van der Waals surface area contributed by atoms with Gasteiger partial charge in [0.05, 0.1) is 5.41 Å². The zero-order valence-electron chi connectivity index (χ0n) is 7.26. The average Bonchev–Trinajstić information content (AvgIpc) is 2.43. The second kappa shape index (κ2) is 2.94. The third kappa shape index (κ3) is 1.45. The first-order valence-corrected chi connectivity index (χ1v) is 4.35. The predicted octanol–water partition coefficient (Wildman–Crippen LogP) is 1.52. The Labute approximate surface area is 67.6 Å². The van der Waals surface area contributed by atoms with Crippen molar-refractivity contribution in [3.8, 4) is 0 Å². The summed E-state index contributed by atoms with van der Waals surface area (Å²) in [5, 5.41) is 9.10. The van der Waals surface area contributed by atoms with E-state index in [0.29, 0.717) is 0 Å². The van der Waals surface area contributed by atoms with E-state index in [-0.39, 0.29) is 11.2 Å². The molecule has 0 radical (unpaired) electrons. The molecular weight excluding hydrogens is 140 g/mol. The largest absolute Gasteiger partial charge is 0.384 e. The van der Waals surface area contributed by atoms with E-state index in [0.717, 1.165) is 19.3 Å². The highest BCUT2D eigenvalue weighted by Gasteiger charge is 2.59. The van der Waals surface area contributed by atoms with E-state index in [1.165, 1.54) is 6.42 Å². The number of aliphatic hydroxyl groups is 1. The van der Waals surface area contributed by atoms with Crippen molar-refractivity contribution in [3.05, 3.63) is 0 Å². The Bertz CT molecular complexity index is 165. The van der Waals surface area contributed by atoms with Crippen LogP contribution in [-0.2, 0) is 4.79 Å². The van der Waals surface area contributed by atoms with E-state index in [1.54, 1.807) is 0 Å². The van der Waals surface area contributed by atoms with Crippen LogP contribution in [0.25, 0.3) is 0 Å². The van der Waals surface area contributed by atoms with Gasteiger partial charge in [-0.3, -0.25) is 4.79 Å². The topological polar surface area (TPSA) is 37.3 Å². The number of Topliss-reactive ketones (excluding diaryl/α,β-unsaturated/α-hetero) is 1. The molecule has 1 rings (SSSR count). The molecule has 1 aliphatic rings. The number of aliphatic hydroxyl groups excluding tert-OH is 1. The maximum atomic E-state index is 10.9. The van der Waals surface area contributed by atoms with Crippen molar-refractivity contribution >= 4 is 5.78 Å².